The molecule has 18 nitrogen and oxygen atoms in total. The number of imide groups is 1. The number of nitrogens with two attached hydrogens (primary N) is 2. The van der Waals surface area contributed by atoms with Gasteiger partial charge in [0.25, 0.3) is 11.8 Å². The number of aromatic nitrogens is 2. The molecule has 20 heteroatoms. The zero-order valence-corrected chi connectivity index (χ0v) is 44.6. The first-order valence-corrected chi connectivity index (χ1v) is 26.1. The Morgan fingerprint density at radius 2 is 1.53 bits per heavy atom. The molecule has 2 heterocycles. The summed E-state index contributed by atoms with van der Waals surface area (Å²) in [5.41, 5.74) is 13.4. The van der Waals surface area contributed by atoms with Crippen LogP contribution in [0.1, 0.15) is 109 Å². The second kappa shape index (κ2) is 28.7. The van der Waals surface area contributed by atoms with Crippen molar-refractivity contribution in [2.24, 2.45) is 28.7 Å². The Balaban J connectivity index is 1.16. The van der Waals surface area contributed by atoms with Gasteiger partial charge in [-0.05, 0) is 85.0 Å². The van der Waals surface area contributed by atoms with Crippen LogP contribution in [0.2, 0.25) is 0 Å². The van der Waals surface area contributed by atoms with Crippen molar-refractivity contribution in [1.82, 2.24) is 30.0 Å². The Morgan fingerprint density at radius 3 is 2.17 bits per heavy atom. The van der Waals surface area contributed by atoms with Crippen molar-refractivity contribution in [3.05, 3.63) is 120 Å². The van der Waals surface area contributed by atoms with E-state index in [4.69, 9.17) is 16.5 Å². The van der Waals surface area contributed by atoms with E-state index in [-0.39, 0.29) is 87.0 Å². The number of imidazole rings is 1. The highest BCUT2D eigenvalue weighted by atomic mass is 19.1. The van der Waals surface area contributed by atoms with Gasteiger partial charge in [0.1, 0.15) is 29.8 Å². The van der Waals surface area contributed by atoms with Gasteiger partial charge in [-0.25, -0.2) is 13.8 Å². The number of carbonyl (C=O) groups excluding carboxylic acids is 8. The highest BCUT2D eigenvalue weighted by Gasteiger charge is 2.39. The third kappa shape index (κ3) is 17.9. The molecular formula is C57H73F2N9O9. The number of ketones is 2. The van der Waals surface area contributed by atoms with Crippen LogP contribution in [0.4, 0.5) is 14.5 Å². The molecule has 0 saturated heterocycles. The first-order chi connectivity index (χ1) is 36.6. The van der Waals surface area contributed by atoms with Gasteiger partial charge >= 0.3 is 0 Å². The predicted molar refractivity (Wildman–Crippen MR) is 286 cm³/mol. The van der Waals surface area contributed by atoms with Crippen LogP contribution >= 0.6 is 0 Å². The van der Waals surface area contributed by atoms with Crippen LogP contribution in [-0.4, -0.2) is 116 Å². The molecule has 414 valence electrons. The molecule has 6 amide bonds. The molecule has 4 aromatic rings. The minimum atomic E-state index is -1.18. The summed E-state index contributed by atoms with van der Waals surface area (Å²) in [6.45, 7) is 8.78. The molecule has 0 saturated carbocycles. The van der Waals surface area contributed by atoms with Crippen LogP contribution in [0, 0.1) is 28.9 Å². The third-order valence-electron chi connectivity index (χ3n) is 13.2. The van der Waals surface area contributed by atoms with E-state index in [2.05, 4.69) is 16.0 Å². The molecule has 1 aliphatic heterocycles. The van der Waals surface area contributed by atoms with Crippen molar-refractivity contribution in [2.45, 2.75) is 117 Å². The summed E-state index contributed by atoms with van der Waals surface area (Å²) in [5, 5.41) is 18.5. The second-order valence-electron chi connectivity index (χ2n) is 20.8. The molecule has 4 atom stereocenters. The number of Topliss-reactive ketones (excluding diaryl/α,β-unsaturated/α-hetero) is 2. The first-order valence-electron chi connectivity index (χ1n) is 26.1. The number of carbonyl (C=O) groups is 8. The maximum absolute atomic E-state index is 15.2. The lowest BCUT2D eigenvalue weighted by Crippen LogP contribution is -2.48. The van der Waals surface area contributed by atoms with Crippen molar-refractivity contribution in [3.63, 3.8) is 0 Å². The fourth-order valence-corrected chi connectivity index (χ4v) is 9.15. The monoisotopic (exact) mass is 1070 g/mol. The predicted octanol–water partition coefficient (Wildman–Crippen LogP) is 5.31. The van der Waals surface area contributed by atoms with Crippen molar-refractivity contribution in [3.8, 4) is 11.3 Å². The van der Waals surface area contributed by atoms with Gasteiger partial charge in [-0.15, -0.1) is 0 Å². The van der Waals surface area contributed by atoms with Gasteiger partial charge in [0.05, 0.1) is 23.8 Å². The molecule has 8 N–H and O–H groups in total. The molecule has 0 bridgehead atoms. The summed E-state index contributed by atoms with van der Waals surface area (Å²) in [4.78, 5) is 111. The molecule has 5 rings (SSSR count). The highest BCUT2D eigenvalue weighted by molar-refractivity contribution is 6.12. The standard InChI is InChI=1S/C57H73F2N9O9/c1-36(2)52(47(71)31-39(14-9-10-26-60)55(76)63-41-19-16-37(17-20-41)30-42(70)15-11-28-67-49(73)22-23-50(67)74)65-48(72)24-27-62-56(77)45(61)25-29-68(51(75)35-69)53(57(3,4)5)54-64-46(43-32-40(58)18-21-44(43)59)34-66(54)33-38-12-7-6-8-13-38/h6-8,12-13,16-23,32,34,36,39,45,52-53,69H,9-11,14-15,24-31,33,35,60-61H2,1-5H3,(H,62,77)(H,63,76)(H,65,72)/t39-,45+,52+,53+/m1/s1. The molecule has 0 aliphatic carbocycles. The first kappa shape index (κ1) is 60.6. The lowest BCUT2D eigenvalue weighted by Gasteiger charge is -2.40. The van der Waals surface area contributed by atoms with Crippen molar-refractivity contribution < 1.29 is 52.2 Å². The SMILES string of the molecule is CC(C)[C@H](NC(=O)CCNC(=O)[C@@H](N)CCN(C(=O)CO)[C@@H](c1nc(-c2cc(F)ccc2F)cn1Cc1ccccc1)C(C)(C)C)C(=O)C[C@@H](CCCCN)C(=O)Nc1ccc(CC(=O)CCCN2C(=O)C=CC2=O)cc1. The van der Waals surface area contributed by atoms with E-state index >= 15 is 4.39 Å². The van der Waals surface area contributed by atoms with Crippen molar-refractivity contribution >= 4 is 52.7 Å². The largest absolute Gasteiger partial charge is 0.387 e. The van der Waals surface area contributed by atoms with E-state index in [1.165, 1.54) is 17.1 Å². The summed E-state index contributed by atoms with van der Waals surface area (Å²) in [5.74, 6) is -5.60. The lowest BCUT2D eigenvalue weighted by molar-refractivity contribution is -0.140. The number of unbranched alkanes of at least 4 members (excludes halogenated alkanes) is 1. The Kier molecular flexibility index (Phi) is 22.6. The number of aliphatic hydroxyl groups excluding tert-OH is 1. The summed E-state index contributed by atoms with van der Waals surface area (Å²) < 4.78 is 31.3. The van der Waals surface area contributed by atoms with Crippen LogP contribution in [-0.2, 0) is 51.3 Å². The average Bonchev–Trinajstić information content (AvgIpc) is 3.96. The Morgan fingerprint density at radius 1 is 0.844 bits per heavy atom. The van der Waals surface area contributed by atoms with Gasteiger partial charge in [0, 0.05) is 87.4 Å². The number of amides is 6. The smallest absolute Gasteiger partial charge is 0.253 e. The highest BCUT2D eigenvalue weighted by Crippen LogP contribution is 2.40. The van der Waals surface area contributed by atoms with Crippen LogP contribution < -0.4 is 27.4 Å². The topological polar surface area (TPSA) is 269 Å². The van der Waals surface area contributed by atoms with E-state index in [9.17, 15) is 47.9 Å². The minimum Gasteiger partial charge on any atom is -0.387 e. The average molecular weight is 1070 g/mol. The number of rotatable bonds is 30. The quantitative estimate of drug-likeness (QED) is 0.0287. The van der Waals surface area contributed by atoms with E-state index in [0.29, 0.717) is 49.3 Å². The molecule has 77 heavy (non-hydrogen) atoms. The summed E-state index contributed by atoms with van der Waals surface area (Å²) in [6.07, 6.45) is 5.73. The number of nitrogens with one attached hydrogen (secondary N) is 3. The second-order valence-corrected chi connectivity index (χ2v) is 20.8. The van der Waals surface area contributed by atoms with Crippen LogP contribution in [0.5, 0.6) is 0 Å². The molecule has 3 aromatic carbocycles. The number of nitrogens with zero attached hydrogens (tertiary/aromatic N) is 4. The van der Waals surface area contributed by atoms with Gasteiger partial charge in [-0.3, -0.25) is 43.3 Å². The Bertz CT molecular complexity index is 2720. The summed E-state index contributed by atoms with van der Waals surface area (Å²) >= 11 is 0. The molecule has 0 spiro atoms. The zero-order chi connectivity index (χ0) is 56.4. The van der Waals surface area contributed by atoms with Gasteiger partial charge in [-0.1, -0.05) is 83.5 Å². The van der Waals surface area contributed by atoms with Gasteiger partial charge < -0.3 is 42.0 Å². The van der Waals surface area contributed by atoms with E-state index < -0.39 is 83.1 Å². The fraction of sp³-hybridized carbons (Fsp3) is 0.456. The number of hydrogen-bond acceptors (Lipinski definition) is 12. The molecule has 1 aromatic heterocycles. The summed E-state index contributed by atoms with van der Waals surface area (Å²) in [7, 11) is 0. The van der Waals surface area contributed by atoms with E-state index in [1.807, 2.05) is 51.1 Å². The van der Waals surface area contributed by atoms with Crippen molar-refractivity contribution in [2.75, 3.05) is 38.1 Å². The maximum Gasteiger partial charge on any atom is 0.253 e. The van der Waals surface area contributed by atoms with Gasteiger partial charge in [0.15, 0.2) is 5.78 Å². The fourth-order valence-electron chi connectivity index (χ4n) is 9.15. The van der Waals surface area contributed by atoms with E-state index in [1.54, 1.807) is 48.9 Å². The maximum atomic E-state index is 15.2. The molecule has 0 unspecified atom stereocenters. The normalized spacial score (nSPS) is 14.0. The molecule has 1 aliphatic rings. The van der Waals surface area contributed by atoms with Crippen LogP contribution in [0.25, 0.3) is 11.3 Å². The van der Waals surface area contributed by atoms with Crippen molar-refractivity contribution in [1.29, 1.82) is 0 Å². The summed E-state index contributed by atoms with van der Waals surface area (Å²) in [6, 6.07) is 16.2. The Hall–Kier alpha value is -7.29. The van der Waals surface area contributed by atoms with Gasteiger partial charge in [-0.2, -0.15) is 0 Å². The Labute approximate surface area is 448 Å². The number of aliphatic hydroxyl groups is 1. The van der Waals surface area contributed by atoms with Gasteiger partial charge in [0.2, 0.25) is 23.6 Å². The number of anilines is 1. The van der Waals surface area contributed by atoms with E-state index in [0.717, 1.165) is 28.7 Å². The minimum absolute atomic E-state index is 0.0738. The molecule has 0 fully saturated rings. The molecule has 0 radical (unpaired) electrons. The lowest BCUT2D eigenvalue weighted by atomic mass is 9.84. The number of halogens is 2. The number of hydrogen-bond donors (Lipinski definition) is 6. The van der Waals surface area contributed by atoms with Crippen LogP contribution in [0.15, 0.2) is 91.1 Å². The molecular weight excluding hydrogens is 993 g/mol. The number of benzene rings is 3. The zero-order valence-electron chi connectivity index (χ0n) is 44.6. The third-order valence-corrected chi connectivity index (χ3v) is 13.2. The van der Waals surface area contributed by atoms with Crippen LogP contribution in [0.3, 0.4) is 0 Å².